The van der Waals surface area contributed by atoms with Crippen LogP contribution in [-0.4, -0.2) is 50.3 Å². The van der Waals surface area contributed by atoms with E-state index in [1.54, 1.807) is 0 Å². The van der Waals surface area contributed by atoms with Crippen molar-refractivity contribution in [3.05, 3.63) is 0 Å². The fourth-order valence-electron chi connectivity index (χ4n) is 3.63. The van der Waals surface area contributed by atoms with Crippen molar-refractivity contribution in [3.63, 3.8) is 0 Å². The van der Waals surface area contributed by atoms with Gasteiger partial charge < -0.3 is 15.0 Å². The van der Waals surface area contributed by atoms with Crippen LogP contribution in [0, 0.1) is 5.92 Å². The second kappa shape index (κ2) is 7.46. The third-order valence-corrected chi connectivity index (χ3v) is 4.56. The van der Waals surface area contributed by atoms with Crippen molar-refractivity contribution < 1.29 is 4.74 Å². The van der Waals surface area contributed by atoms with Crippen molar-refractivity contribution >= 4 is 0 Å². The van der Waals surface area contributed by atoms with Crippen LogP contribution in [0.4, 0.5) is 0 Å². The molecule has 18 heavy (non-hydrogen) atoms. The molecular weight excluding hydrogens is 224 g/mol. The van der Waals surface area contributed by atoms with Crippen molar-refractivity contribution in [3.8, 4) is 0 Å². The Hall–Kier alpha value is -0.120. The summed E-state index contributed by atoms with van der Waals surface area (Å²) in [6, 6.07) is 1.44. The Labute approximate surface area is 112 Å². The third kappa shape index (κ3) is 3.94. The van der Waals surface area contributed by atoms with Crippen LogP contribution in [0.5, 0.6) is 0 Å². The molecule has 3 heteroatoms. The second-order valence-electron chi connectivity index (χ2n) is 6.04. The van der Waals surface area contributed by atoms with Gasteiger partial charge in [-0.2, -0.15) is 0 Å². The standard InChI is InChI=1S/C15H30N2O/c1-3-16-14-8-4-5-9-15(14)17(2)11-13-7-6-10-18-12-13/h13-16H,3-12H2,1-2H3. The summed E-state index contributed by atoms with van der Waals surface area (Å²) in [5.41, 5.74) is 0. The third-order valence-electron chi connectivity index (χ3n) is 4.56. The van der Waals surface area contributed by atoms with Crippen LogP contribution in [0.3, 0.4) is 0 Å². The Morgan fingerprint density at radius 3 is 2.72 bits per heavy atom. The average Bonchev–Trinajstić information content (AvgIpc) is 2.41. The zero-order valence-electron chi connectivity index (χ0n) is 12.2. The number of likely N-dealkylation sites (N-methyl/N-ethyl adjacent to an activating group) is 2. The molecule has 3 unspecified atom stereocenters. The number of hydrogen-bond acceptors (Lipinski definition) is 3. The zero-order valence-corrected chi connectivity index (χ0v) is 12.2. The lowest BCUT2D eigenvalue weighted by Gasteiger charge is -2.40. The minimum absolute atomic E-state index is 0.707. The molecular formula is C15H30N2O. The SMILES string of the molecule is CCNC1CCCCC1N(C)CC1CCCOC1. The summed E-state index contributed by atoms with van der Waals surface area (Å²) in [5.74, 6) is 0.757. The summed E-state index contributed by atoms with van der Waals surface area (Å²) in [4.78, 5) is 2.60. The van der Waals surface area contributed by atoms with Crippen LogP contribution in [0.1, 0.15) is 45.4 Å². The van der Waals surface area contributed by atoms with Gasteiger partial charge in [0.1, 0.15) is 0 Å². The van der Waals surface area contributed by atoms with E-state index in [4.69, 9.17) is 4.74 Å². The smallest absolute Gasteiger partial charge is 0.0506 e. The Morgan fingerprint density at radius 1 is 1.17 bits per heavy atom. The highest BCUT2D eigenvalue weighted by Gasteiger charge is 2.29. The molecule has 2 rings (SSSR count). The molecule has 0 radical (unpaired) electrons. The van der Waals surface area contributed by atoms with E-state index in [0.717, 1.165) is 31.7 Å². The van der Waals surface area contributed by atoms with Crippen molar-refractivity contribution in [1.29, 1.82) is 0 Å². The normalized spacial score (nSPS) is 33.8. The lowest BCUT2D eigenvalue weighted by molar-refractivity contribution is 0.0293. The van der Waals surface area contributed by atoms with E-state index in [2.05, 4.69) is 24.2 Å². The first-order valence-electron chi connectivity index (χ1n) is 7.82. The van der Waals surface area contributed by atoms with Crippen LogP contribution in [-0.2, 0) is 4.74 Å². The van der Waals surface area contributed by atoms with E-state index in [1.165, 1.54) is 45.1 Å². The van der Waals surface area contributed by atoms with Gasteiger partial charge in [0.05, 0.1) is 6.61 Å². The molecule has 1 aliphatic heterocycles. The van der Waals surface area contributed by atoms with Crippen LogP contribution in [0.25, 0.3) is 0 Å². The van der Waals surface area contributed by atoms with Gasteiger partial charge >= 0.3 is 0 Å². The van der Waals surface area contributed by atoms with Gasteiger partial charge in [-0.05, 0) is 45.2 Å². The number of nitrogens with one attached hydrogen (secondary N) is 1. The number of nitrogens with zero attached hydrogens (tertiary/aromatic N) is 1. The maximum Gasteiger partial charge on any atom is 0.0506 e. The predicted octanol–water partition coefficient (Wildman–Crippen LogP) is 2.27. The minimum Gasteiger partial charge on any atom is -0.381 e. The molecule has 2 fully saturated rings. The summed E-state index contributed by atoms with van der Waals surface area (Å²) in [6.45, 7) is 6.49. The molecule has 0 aromatic heterocycles. The zero-order chi connectivity index (χ0) is 12.8. The van der Waals surface area contributed by atoms with Gasteiger partial charge in [0.15, 0.2) is 0 Å². The summed E-state index contributed by atoms with van der Waals surface area (Å²) in [6.07, 6.45) is 8.11. The van der Waals surface area contributed by atoms with E-state index in [0.29, 0.717) is 6.04 Å². The van der Waals surface area contributed by atoms with Gasteiger partial charge in [0, 0.05) is 25.2 Å². The van der Waals surface area contributed by atoms with E-state index < -0.39 is 0 Å². The van der Waals surface area contributed by atoms with E-state index >= 15 is 0 Å². The van der Waals surface area contributed by atoms with Crippen LogP contribution < -0.4 is 5.32 Å². The number of hydrogen-bond donors (Lipinski definition) is 1. The number of ether oxygens (including phenoxy) is 1. The molecule has 106 valence electrons. The lowest BCUT2D eigenvalue weighted by Crippen LogP contribution is -2.51. The topological polar surface area (TPSA) is 24.5 Å². The molecule has 0 bridgehead atoms. The minimum atomic E-state index is 0.707. The Morgan fingerprint density at radius 2 is 2.00 bits per heavy atom. The van der Waals surface area contributed by atoms with Gasteiger partial charge in [0.25, 0.3) is 0 Å². The fourth-order valence-corrected chi connectivity index (χ4v) is 3.63. The monoisotopic (exact) mass is 254 g/mol. The highest BCUT2D eigenvalue weighted by Crippen LogP contribution is 2.24. The first kappa shape index (κ1) is 14.3. The predicted molar refractivity (Wildman–Crippen MR) is 75.9 cm³/mol. The Bertz CT molecular complexity index is 227. The van der Waals surface area contributed by atoms with E-state index in [-0.39, 0.29) is 0 Å². The van der Waals surface area contributed by atoms with Gasteiger partial charge in [-0.15, -0.1) is 0 Å². The first-order chi connectivity index (χ1) is 8.81. The number of rotatable bonds is 5. The summed E-state index contributed by atoms with van der Waals surface area (Å²) < 4.78 is 5.60. The van der Waals surface area contributed by atoms with Crippen LogP contribution in [0.15, 0.2) is 0 Å². The van der Waals surface area contributed by atoms with Gasteiger partial charge in [-0.25, -0.2) is 0 Å². The molecule has 3 nitrogen and oxygen atoms in total. The molecule has 0 amide bonds. The maximum absolute atomic E-state index is 5.60. The highest BCUT2D eigenvalue weighted by atomic mass is 16.5. The molecule has 0 aromatic rings. The van der Waals surface area contributed by atoms with Crippen LogP contribution >= 0.6 is 0 Å². The van der Waals surface area contributed by atoms with Crippen molar-refractivity contribution in [2.24, 2.45) is 5.92 Å². The quantitative estimate of drug-likeness (QED) is 0.814. The average molecular weight is 254 g/mol. The highest BCUT2D eigenvalue weighted by molar-refractivity contribution is 4.87. The van der Waals surface area contributed by atoms with E-state index in [9.17, 15) is 0 Å². The van der Waals surface area contributed by atoms with E-state index in [1.807, 2.05) is 0 Å². The van der Waals surface area contributed by atoms with Crippen molar-refractivity contribution in [1.82, 2.24) is 10.2 Å². The second-order valence-corrected chi connectivity index (χ2v) is 6.04. The van der Waals surface area contributed by atoms with Crippen molar-refractivity contribution in [2.75, 3.05) is 33.4 Å². The molecule has 0 aromatic carbocycles. The molecule has 1 saturated carbocycles. The first-order valence-corrected chi connectivity index (χ1v) is 7.82. The Kier molecular flexibility index (Phi) is 5.93. The van der Waals surface area contributed by atoms with Crippen molar-refractivity contribution in [2.45, 2.75) is 57.5 Å². The van der Waals surface area contributed by atoms with Gasteiger partial charge in [0.2, 0.25) is 0 Å². The molecule has 2 aliphatic rings. The summed E-state index contributed by atoms with van der Waals surface area (Å²) in [5, 5.41) is 3.68. The molecule has 1 N–H and O–H groups in total. The molecule has 1 heterocycles. The Balaban J connectivity index is 1.82. The summed E-state index contributed by atoms with van der Waals surface area (Å²) >= 11 is 0. The van der Waals surface area contributed by atoms with Gasteiger partial charge in [-0.3, -0.25) is 0 Å². The fraction of sp³-hybridized carbons (Fsp3) is 1.00. The van der Waals surface area contributed by atoms with Gasteiger partial charge in [-0.1, -0.05) is 19.8 Å². The summed E-state index contributed by atoms with van der Waals surface area (Å²) in [7, 11) is 2.31. The largest absolute Gasteiger partial charge is 0.381 e. The van der Waals surface area contributed by atoms with Crippen LogP contribution in [0.2, 0.25) is 0 Å². The molecule has 3 atom stereocenters. The lowest BCUT2D eigenvalue weighted by atomic mass is 9.88. The maximum atomic E-state index is 5.60. The molecule has 0 spiro atoms. The molecule has 1 aliphatic carbocycles. The molecule has 1 saturated heterocycles.